The van der Waals surface area contributed by atoms with Gasteiger partial charge in [-0.05, 0) is 97.4 Å². The summed E-state index contributed by atoms with van der Waals surface area (Å²) in [6.45, 7) is 16.5. The first-order valence-electron chi connectivity index (χ1n) is 14.9. The predicted octanol–water partition coefficient (Wildman–Crippen LogP) is 6.73. The molecule has 0 N–H and O–H groups in total. The van der Waals surface area contributed by atoms with Crippen molar-refractivity contribution in [2.45, 2.75) is 106 Å². The first-order valence-corrected chi connectivity index (χ1v) is 14.9. The number of carbonyl (C=O) groups is 3. The van der Waals surface area contributed by atoms with Gasteiger partial charge in [-0.15, -0.1) is 0 Å². The van der Waals surface area contributed by atoms with Gasteiger partial charge in [-0.2, -0.15) is 0 Å². The van der Waals surface area contributed by atoms with Gasteiger partial charge in [0, 0.05) is 19.4 Å². The van der Waals surface area contributed by atoms with E-state index in [-0.39, 0.29) is 50.7 Å². The summed E-state index contributed by atoms with van der Waals surface area (Å²) in [6, 6.07) is 0. The zero-order valence-electron chi connectivity index (χ0n) is 25.3. The Morgan fingerprint density at radius 1 is 0.868 bits per heavy atom. The summed E-state index contributed by atoms with van der Waals surface area (Å²) < 4.78 is 11.1. The smallest absolute Gasteiger partial charge is 0.312 e. The fourth-order valence-electron chi connectivity index (χ4n) is 10.9. The number of rotatable bonds is 3. The van der Waals surface area contributed by atoms with E-state index in [0.717, 1.165) is 51.4 Å². The quantitative estimate of drug-likeness (QED) is 0.382. The highest BCUT2D eigenvalue weighted by molar-refractivity contribution is 5.97. The molecule has 5 nitrogen and oxygen atoms in total. The number of esters is 1. The van der Waals surface area contributed by atoms with Gasteiger partial charge in [0.2, 0.25) is 0 Å². The van der Waals surface area contributed by atoms with Crippen LogP contribution in [0.5, 0.6) is 0 Å². The van der Waals surface area contributed by atoms with Crippen LogP contribution in [-0.4, -0.2) is 38.4 Å². The Balaban J connectivity index is 1.67. The molecule has 5 aliphatic rings. The summed E-state index contributed by atoms with van der Waals surface area (Å²) in [5.41, 5.74) is -0.770. The fourth-order valence-corrected chi connectivity index (χ4v) is 10.9. The van der Waals surface area contributed by atoms with E-state index in [4.69, 9.17) is 9.47 Å². The summed E-state index contributed by atoms with van der Waals surface area (Å²) in [4.78, 5) is 41.4. The predicted molar refractivity (Wildman–Crippen MR) is 147 cm³/mol. The van der Waals surface area contributed by atoms with E-state index in [2.05, 4.69) is 48.5 Å². The van der Waals surface area contributed by atoms with E-state index in [1.165, 1.54) is 12.7 Å². The Labute approximate surface area is 229 Å². The molecule has 4 fully saturated rings. The number of fused-ring (bicyclic) bond motifs is 7. The molecule has 0 saturated heterocycles. The number of hydrogen-bond donors (Lipinski definition) is 0. The number of Topliss-reactive ketones (excluding diaryl/α,β-unsaturated/α-hetero) is 1. The van der Waals surface area contributed by atoms with Crippen LogP contribution in [0.3, 0.4) is 0 Å². The third-order valence-corrected chi connectivity index (χ3v) is 14.0. The molecule has 5 heteroatoms. The van der Waals surface area contributed by atoms with Crippen molar-refractivity contribution in [3.05, 3.63) is 11.6 Å². The van der Waals surface area contributed by atoms with Gasteiger partial charge in [0.25, 0.3) is 0 Å². The maximum absolute atomic E-state index is 14.5. The van der Waals surface area contributed by atoms with Crippen LogP contribution in [0.15, 0.2) is 11.6 Å². The molecule has 0 spiro atoms. The maximum Gasteiger partial charge on any atom is 0.312 e. The van der Waals surface area contributed by atoms with Gasteiger partial charge in [0.05, 0.1) is 24.5 Å². The van der Waals surface area contributed by atoms with Crippen molar-refractivity contribution in [2.75, 3.05) is 20.8 Å². The molecule has 0 amide bonds. The lowest BCUT2D eigenvalue weighted by Crippen LogP contribution is -2.69. The summed E-state index contributed by atoms with van der Waals surface area (Å²) in [7, 11) is 3.20. The van der Waals surface area contributed by atoms with E-state index in [1.54, 1.807) is 7.11 Å². The monoisotopic (exact) mass is 526 g/mol. The van der Waals surface area contributed by atoms with Gasteiger partial charge in [0.15, 0.2) is 5.78 Å². The molecule has 0 aromatic carbocycles. The average molecular weight is 527 g/mol. The van der Waals surface area contributed by atoms with Crippen LogP contribution >= 0.6 is 0 Å². The number of ketones is 2. The van der Waals surface area contributed by atoms with Crippen molar-refractivity contribution in [1.29, 1.82) is 0 Å². The second kappa shape index (κ2) is 8.27. The van der Waals surface area contributed by atoms with Crippen LogP contribution in [-0.2, 0) is 23.9 Å². The number of ether oxygens (including phenoxy) is 2. The van der Waals surface area contributed by atoms with Crippen molar-refractivity contribution < 1.29 is 23.9 Å². The van der Waals surface area contributed by atoms with Crippen LogP contribution in [0, 0.1) is 49.7 Å². The fraction of sp³-hybridized carbons (Fsp3) is 0.848. The molecule has 5 aliphatic carbocycles. The topological polar surface area (TPSA) is 69.7 Å². The van der Waals surface area contributed by atoms with E-state index < -0.39 is 10.8 Å². The summed E-state index contributed by atoms with van der Waals surface area (Å²) in [5, 5.41) is 0. The van der Waals surface area contributed by atoms with Gasteiger partial charge >= 0.3 is 5.97 Å². The highest BCUT2D eigenvalue weighted by Gasteiger charge is 2.73. The Hall–Kier alpha value is -1.49. The van der Waals surface area contributed by atoms with Crippen molar-refractivity contribution in [2.24, 2.45) is 49.7 Å². The molecule has 212 valence electrons. The maximum atomic E-state index is 14.5. The Morgan fingerprint density at radius 3 is 2.16 bits per heavy atom. The largest absolute Gasteiger partial charge is 0.469 e. The minimum Gasteiger partial charge on any atom is -0.469 e. The third kappa shape index (κ3) is 3.12. The SMILES string of the molecule is COCC1(C)C(=O)CCC2(C)C3=CC(=O)C4C5CC(C)(C)CCC5(C(=O)OC)CCC4(C)C3(C)CCC12C. The van der Waals surface area contributed by atoms with Gasteiger partial charge in [-0.3, -0.25) is 14.4 Å². The zero-order chi connectivity index (χ0) is 28.2. The zero-order valence-corrected chi connectivity index (χ0v) is 25.3. The molecular formula is C33H50O5. The van der Waals surface area contributed by atoms with Gasteiger partial charge < -0.3 is 9.47 Å². The second-order valence-electron chi connectivity index (χ2n) is 15.7. The van der Waals surface area contributed by atoms with Gasteiger partial charge in [-0.25, -0.2) is 0 Å². The lowest BCUT2D eigenvalue weighted by molar-refractivity contribution is -0.202. The molecule has 38 heavy (non-hydrogen) atoms. The van der Waals surface area contributed by atoms with Gasteiger partial charge in [0.1, 0.15) is 5.78 Å². The Morgan fingerprint density at radius 2 is 1.53 bits per heavy atom. The lowest BCUT2D eigenvalue weighted by atomic mass is 9.31. The number of methoxy groups -OCH3 is 2. The van der Waals surface area contributed by atoms with Crippen LogP contribution in [0.2, 0.25) is 0 Å². The van der Waals surface area contributed by atoms with Crippen LogP contribution in [0.25, 0.3) is 0 Å². The standard InChI is InChI=1S/C33H50O5/c1-27(2)12-16-33(26(36)38-9)17-14-30(5)25(21(33)19-27)22(34)18-23-28(30,3)13-15-32(7)29(23,4)11-10-24(35)31(32,6)20-37-8/h18,21,25H,10-17,19-20H2,1-9H3. The van der Waals surface area contributed by atoms with E-state index in [1.807, 2.05) is 6.08 Å². The first-order chi connectivity index (χ1) is 17.5. The van der Waals surface area contributed by atoms with Crippen molar-refractivity contribution in [3.8, 4) is 0 Å². The summed E-state index contributed by atoms with van der Waals surface area (Å²) in [5.74, 6) is 0.183. The number of carbonyl (C=O) groups excluding carboxylic acids is 3. The Bertz CT molecular complexity index is 1100. The molecule has 8 atom stereocenters. The minimum atomic E-state index is -0.586. The molecular weight excluding hydrogens is 476 g/mol. The molecule has 0 heterocycles. The summed E-state index contributed by atoms with van der Waals surface area (Å²) >= 11 is 0. The highest BCUT2D eigenvalue weighted by atomic mass is 16.5. The van der Waals surface area contributed by atoms with Crippen LogP contribution in [0.4, 0.5) is 0 Å². The van der Waals surface area contributed by atoms with Crippen LogP contribution < -0.4 is 0 Å². The molecule has 0 aliphatic heterocycles. The number of hydrogen-bond acceptors (Lipinski definition) is 5. The van der Waals surface area contributed by atoms with Crippen molar-refractivity contribution in [1.82, 2.24) is 0 Å². The molecule has 0 aromatic rings. The molecule has 5 rings (SSSR count). The van der Waals surface area contributed by atoms with Gasteiger partial charge in [-0.1, -0.05) is 47.1 Å². The normalized spacial score (nSPS) is 49.7. The molecule has 8 unspecified atom stereocenters. The lowest BCUT2D eigenvalue weighted by Gasteiger charge is -2.72. The van der Waals surface area contributed by atoms with Crippen molar-refractivity contribution >= 4 is 17.5 Å². The first kappa shape index (κ1) is 28.1. The van der Waals surface area contributed by atoms with E-state index in [9.17, 15) is 14.4 Å². The van der Waals surface area contributed by atoms with Crippen LogP contribution in [0.1, 0.15) is 106 Å². The average Bonchev–Trinajstić information content (AvgIpc) is 2.85. The molecule has 0 radical (unpaired) electrons. The van der Waals surface area contributed by atoms with E-state index in [0.29, 0.717) is 18.8 Å². The Kier molecular flexibility index (Phi) is 6.11. The minimum absolute atomic E-state index is 0.00705. The highest BCUT2D eigenvalue weighted by Crippen LogP contribution is 2.77. The van der Waals surface area contributed by atoms with Crippen molar-refractivity contribution in [3.63, 3.8) is 0 Å². The molecule has 0 bridgehead atoms. The molecule has 0 aromatic heterocycles. The summed E-state index contributed by atoms with van der Waals surface area (Å²) in [6.07, 6.45) is 9.49. The second-order valence-corrected chi connectivity index (χ2v) is 15.7. The third-order valence-electron chi connectivity index (χ3n) is 14.0. The molecule has 4 saturated carbocycles. The van der Waals surface area contributed by atoms with E-state index >= 15 is 0 Å². The number of allylic oxidation sites excluding steroid dienone is 2.